The summed E-state index contributed by atoms with van der Waals surface area (Å²) in [6.45, 7) is 0. The molecule has 0 unspecified atom stereocenters. The Balaban J connectivity index is 2.63. The van der Waals surface area contributed by atoms with Gasteiger partial charge in [0.05, 0.1) is 0 Å². The average molecular weight is 252 g/mol. The molecule has 0 spiro atoms. The Morgan fingerprint density at radius 2 is 2.06 bits per heavy atom. The zero-order valence-corrected chi connectivity index (χ0v) is 10.5. The molecule has 1 aromatic carbocycles. The molecule has 4 nitrogen and oxygen atoms in total. The molecule has 2 N–H and O–H groups in total. The molecule has 0 heterocycles. The van der Waals surface area contributed by atoms with Gasteiger partial charge in [0.25, 0.3) is 5.91 Å². The number of nitrogens with zero attached hydrogens (tertiary/aromatic N) is 1. The minimum Gasteiger partial charge on any atom is -0.349 e. The summed E-state index contributed by atoms with van der Waals surface area (Å²) in [5.41, 5.74) is 0.765. The largest absolute Gasteiger partial charge is 0.349 e. The number of amides is 1. The molecular weight excluding hydrogens is 238 g/mol. The van der Waals surface area contributed by atoms with Crippen LogP contribution in [-0.4, -0.2) is 30.9 Å². The number of hydrogen-bond acceptors (Lipinski definition) is 2. The first-order chi connectivity index (χ1) is 8.00. The first kappa shape index (κ1) is 13.3. The van der Waals surface area contributed by atoms with Gasteiger partial charge < -0.3 is 4.90 Å². The zero-order valence-electron chi connectivity index (χ0n) is 9.70. The van der Waals surface area contributed by atoms with Gasteiger partial charge in [-0.25, -0.2) is 0 Å². The molecule has 1 amide bonds. The SMILES string of the molecule is CN(C)C(=N)NC(=O)C=Cc1ccccc1Cl. The van der Waals surface area contributed by atoms with Gasteiger partial charge in [0.15, 0.2) is 5.96 Å². The van der Waals surface area contributed by atoms with Crippen LogP contribution in [-0.2, 0) is 4.79 Å². The molecule has 1 rings (SSSR count). The number of nitrogens with one attached hydrogen (secondary N) is 2. The third-order valence-corrected chi connectivity index (χ3v) is 2.35. The van der Waals surface area contributed by atoms with E-state index < -0.39 is 0 Å². The van der Waals surface area contributed by atoms with Crippen LogP contribution in [0.4, 0.5) is 0 Å². The Morgan fingerprint density at radius 1 is 1.41 bits per heavy atom. The van der Waals surface area contributed by atoms with Gasteiger partial charge in [-0.15, -0.1) is 0 Å². The van der Waals surface area contributed by atoms with E-state index in [9.17, 15) is 4.79 Å². The van der Waals surface area contributed by atoms with Crippen molar-refractivity contribution in [3.05, 3.63) is 40.9 Å². The molecule has 17 heavy (non-hydrogen) atoms. The molecule has 0 aromatic heterocycles. The second-order valence-electron chi connectivity index (χ2n) is 3.59. The third-order valence-electron chi connectivity index (χ3n) is 2.01. The van der Waals surface area contributed by atoms with E-state index in [2.05, 4.69) is 5.32 Å². The predicted molar refractivity (Wildman–Crippen MR) is 70.0 cm³/mol. The van der Waals surface area contributed by atoms with Crippen LogP contribution in [0.3, 0.4) is 0 Å². The minimum atomic E-state index is -0.358. The van der Waals surface area contributed by atoms with Crippen LogP contribution in [0.25, 0.3) is 6.08 Å². The minimum absolute atomic E-state index is 0.0406. The van der Waals surface area contributed by atoms with Crippen LogP contribution in [0.5, 0.6) is 0 Å². The van der Waals surface area contributed by atoms with Crippen molar-refractivity contribution in [2.75, 3.05) is 14.1 Å². The predicted octanol–water partition coefficient (Wildman–Crippen LogP) is 1.97. The Bertz CT molecular complexity index is 455. The molecule has 0 fully saturated rings. The lowest BCUT2D eigenvalue weighted by Crippen LogP contribution is -2.38. The molecule has 0 aliphatic rings. The van der Waals surface area contributed by atoms with E-state index in [0.29, 0.717) is 5.02 Å². The summed E-state index contributed by atoms with van der Waals surface area (Å²) in [6.07, 6.45) is 2.96. The van der Waals surface area contributed by atoms with E-state index in [1.807, 2.05) is 18.2 Å². The van der Waals surface area contributed by atoms with E-state index >= 15 is 0 Å². The number of rotatable bonds is 2. The van der Waals surface area contributed by atoms with Crippen molar-refractivity contribution in [2.45, 2.75) is 0 Å². The van der Waals surface area contributed by atoms with E-state index in [-0.39, 0.29) is 11.9 Å². The van der Waals surface area contributed by atoms with Crippen molar-refractivity contribution in [2.24, 2.45) is 0 Å². The standard InChI is InChI=1S/C12H14ClN3O/c1-16(2)12(14)15-11(17)8-7-9-5-3-4-6-10(9)13/h3-8H,1-2H3,(H2,14,15,17). The smallest absolute Gasteiger partial charge is 0.250 e. The number of halogens is 1. The molecule has 0 saturated carbocycles. The van der Waals surface area contributed by atoms with Crippen LogP contribution >= 0.6 is 11.6 Å². The number of benzene rings is 1. The van der Waals surface area contributed by atoms with Gasteiger partial charge in [0, 0.05) is 25.2 Å². The maximum atomic E-state index is 11.4. The summed E-state index contributed by atoms with van der Waals surface area (Å²) in [6, 6.07) is 7.22. The summed E-state index contributed by atoms with van der Waals surface area (Å²) in [5.74, 6) is -0.317. The van der Waals surface area contributed by atoms with Crippen LogP contribution in [0.1, 0.15) is 5.56 Å². The summed E-state index contributed by atoms with van der Waals surface area (Å²) < 4.78 is 0. The fraction of sp³-hybridized carbons (Fsp3) is 0.167. The average Bonchev–Trinajstić information content (AvgIpc) is 2.27. The van der Waals surface area contributed by atoms with Crippen molar-refractivity contribution in [1.29, 1.82) is 5.41 Å². The molecule has 1 aromatic rings. The van der Waals surface area contributed by atoms with Crippen molar-refractivity contribution in [3.63, 3.8) is 0 Å². The van der Waals surface area contributed by atoms with Crippen molar-refractivity contribution in [3.8, 4) is 0 Å². The lowest BCUT2D eigenvalue weighted by Gasteiger charge is -2.12. The number of carbonyl (C=O) groups excluding carboxylic acids is 1. The van der Waals surface area contributed by atoms with E-state index in [1.165, 1.54) is 11.0 Å². The van der Waals surface area contributed by atoms with Crippen molar-refractivity contribution in [1.82, 2.24) is 10.2 Å². The van der Waals surface area contributed by atoms with Crippen LogP contribution in [0.2, 0.25) is 5.02 Å². The Kier molecular flexibility index (Phi) is 4.72. The Labute approximate surface area is 105 Å². The van der Waals surface area contributed by atoms with Gasteiger partial charge in [0.1, 0.15) is 0 Å². The van der Waals surface area contributed by atoms with Gasteiger partial charge >= 0.3 is 0 Å². The van der Waals surface area contributed by atoms with Gasteiger partial charge in [0.2, 0.25) is 0 Å². The molecule has 0 radical (unpaired) electrons. The van der Waals surface area contributed by atoms with Crippen molar-refractivity contribution >= 4 is 29.5 Å². The second-order valence-corrected chi connectivity index (χ2v) is 3.99. The van der Waals surface area contributed by atoms with Crippen LogP contribution in [0, 0.1) is 5.41 Å². The zero-order chi connectivity index (χ0) is 12.8. The molecule has 0 bridgehead atoms. The monoisotopic (exact) mass is 251 g/mol. The lowest BCUT2D eigenvalue weighted by atomic mass is 10.2. The normalized spacial score (nSPS) is 10.3. The van der Waals surface area contributed by atoms with Gasteiger partial charge in [-0.2, -0.15) is 0 Å². The Hall–Kier alpha value is -1.81. The fourth-order valence-corrected chi connectivity index (χ4v) is 1.24. The van der Waals surface area contributed by atoms with Gasteiger partial charge in [-0.1, -0.05) is 29.8 Å². The Morgan fingerprint density at radius 3 is 2.65 bits per heavy atom. The van der Waals surface area contributed by atoms with E-state index in [4.69, 9.17) is 17.0 Å². The lowest BCUT2D eigenvalue weighted by molar-refractivity contribution is -0.115. The summed E-state index contributed by atoms with van der Waals surface area (Å²) in [5, 5.41) is 10.4. The van der Waals surface area contributed by atoms with Gasteiger partial charge in [-0.05, 0) is 17.7 Å². The first-order valence-corrected chi connectivity index (χ1v) is 5.38. The first-order valence-electron chi connectivity index (χ1n) is 5.00. The summed E-state index contributed by atoms with van der Waals surface area (Å²) in [7, 11) is 3.36. The number of guanidine groups is 1. The molecule has 90 valence electrons. The summed E-state index contributed by atoms with van der Waals surface area (Å²) >= 11 is 5.93. The second kappa shape index (κ2) is 6.06. The van der Waals surface area contributed by atoms with Crippen molar-refractivity contribution < 1.29 is 4.79 Å². The molecule has 0 saturated heterocycles. The van der Waals surface area contributed by atoms with Crippen LogP contribution in [0.15, 0.2) is 30.3 Å². The highest BCUT2D eigenvalue weighted by atomic mass is 35.5. The number of hydrogen-bond donors (Lipinski definition) is 2. The van der Waals surface area contributed by atoms with E-state index in [1.54, 1.807) is 26.2 Å². The molecule has 5 heteroatoms. The highest BCUT2D eigenvalue weighted by Gasteiger charge is 2.02. The quantitative estimate of drug-likeness (QED) is 0.480. The molecule has 0 aliphatic heterocycles. The van der Waals surface area contributed by atoms with E-state index in [0.717, 1.165) is 5.56 Å². The van der Waals surface area contributed by atoms with Gasteiger partial charge in [-0.3, -0.25) is 15.5 Å². The third kappa shape index (κ3) is 4.28. The topological polar surface area (TPSA) is 56.2 Å². The highest BCUT2D eigenvalue weighted by Crippen LogP contribution is 2.15. The maximum absolute atomic E-state index is 11.4. The summed E-state index contributed by atoms with van der Waals surface area (Å²) in [4.78, 5) is 12.9. The molecule has 0 atom stereocenters. The fourth-order valence-electron chi connectivity index (χ4n) is 1.05. The molecule has 0 aliphatic carbocycles. The number of carbonyl (C=O) groups is 1. The maximum Gasteiger partial charge on any atom is 0.250 e. The highest BCUT2D eigenvalue weighted by molar-refractivity contribution is 6.32. The van der Waals surface area contributed by atoms with Crippen LogP contribution < -0.4 is 5.32 Å². The molecular formula is C12H14ClN3O.